The number of amidine groups is 1. The molecule has 1 saturated carbocycles. The van der Waals surface area contributed by atoms with Gasteiger partial charge in [0.05, 0.1) is 0 Å². The van der Waals surface area contributed by atoms with Crippen molar-refractivity contribution >= 4 is 5.84 Å². The van der Waals surface area contributed by atoms with Gasteiger partial charge in [0.1, 0.15) is 5.84 Å². The van der Waals surface area contributed by atoms with Crippen molar-refractivity contribution in [2.45, 2.75) is 60.3 Å². The molecule has 2 heteroatoms. The molecule has 0 atom stereocenters. The molecular weight excluding hydrogens is 232 g/mol. The van der Waals surface area contributed by atoms with Crippen molar-refractivity contribution in [2.24, 2.45) is 16.8 Å². The molecule has 0 aliphatic heterocycles. The monoisotopic (exact) mass is 264 g/mol. The molecule has 0 amide bonds. The fourth-order valence-electron chi connectivity index (χ4n) is 2.45. The zero-order chi connectivity index (χ0) is 14.8. The first-order valence-electron chi connectivity index (χ1n) is 7.61. The molecule has 1 N–H and O–H groups in total. The van der Waals surface area contributed by atoms with E-state index in [0.717, 1.165) is 29.7 Å². The Morgan fingerprint density at radius 1 is 1.37 bits per heavy atom. The number of aliphatic imine (C=N–C) groups is 1. The maximum Gasteiger partial charge on any atom is 0.127 e. The second-order valence-electron chi connectivity index (χ2n) is 5.27. The molecule has 0 radical (unpaired) electrons. The van der Waals surface area contributed by atoms with Crippen molar-refractivity contribution in [3.05, 3.63) is 23.9 Å². The van der Waals surface area contributed by atoms with Crippen LogP contribution < -0.4 is 5.32 Å². The third kappa shape index (κ3) is 6.60. The maximum absolute atomic E-state index is 4.21. The van der Waals surface area contributed by atoms with Crippen molar-refractivity contribution in [1.82, 2.24) is 5.32 Å². The van der Waals surface area contributed by atoms with Gasteiger partial charge in [-0.3, -0.25) is 4.99 Å². The van der Waals surface area contributed by atoms with Crippen LogP contribution in [0.2, 0.25) is 0 Å². The fourth-order valence-corrected chi connectivity index (χ4v) is 2.45. The first kappa shape index (κ1) is 17.9. The summed E-state index contributed by atoms with van der Waals surface area (Å²) >= 11 is 0. The molecule has 2 nitrogen and oxygen atoms in total. The van der Waals surface area contributed by atoms with Crippen LogP contribution >= 0.6 is 0 Å². The minimum atomic E-state index is 0.903. The van der Waals surface area contributed by atoms with Crippen LogP contribution in [0.5, 0.6) is 0 Å². The molecule has 0 aromatic carbocycles. The summed E-state index contributed by atoms with van der Waals surface area (Å²) in [5, 5.41) is 3.38. The first-order chi connectivity index (χ1) is 9.06. The highest BCUT2D eigenvalue weighted by Crippen LogP contribution is 2.36. The smallest absolute Gasteiger partial charge is 0.127 e. The van der Waals surface area contributed by atoms with Gasteiger partial charge >= 0.3 is 0 Å². The molecule has 0 unspecified atom stereocenters. The lowest BCUT2D eigenvalue weighted by molar-refractivity contribution is 0.199. The molecule has 19 heavy (non-hydrogen) atoms. The molecule has 0 bridgehead atoms. The van der Waals surface area contributed by atoms with E-state index in [2.05, 4.69) is 36.8 Å². The van der Waals surface area contributed by atoms with E-state index in [9.17, 15) is 0 Å². The summed E-state index contributed by atoms with van der Waals surface area (Å²) in [7, 11) is 1.80. The highest BCUT2D eigenvalue weighted by atomic mass is 15.0. The summed E-state index contributed by atoms with van der Waals surface area (Å²) < 4.78 is 0. The molecule has 0 aromatic heterocycles. The van der Waals surface area contributed by atoms with E-state index in [-0.39, 0.29) is 0 Å². The molecule has 0 spiro atoms. The van der Waals surface area contributed by atoms with Crippen LogP contribution in [-0.2, 0) is 0 Å². The van der Waals surface area contributed by atoms with Crippen molar-refractivity contribution in [2.75, 3.05) is 7.05 Å². The van der Waals surface area contributed by atoms with Crippen molar-refractivity contribution in [3.8, 4) is 0 Å². The summed E-state index contributed by atoms with van der Waals surface area (Å²) in [5.74, 6) is 2.79. The third-order valence-electron chi connectivity index (χ3n) is 3.55. The quantitative estimate of drug-likeness (QED) is 0.552. The van der Waals surface area contributed by atoms with Gasteiger partial charge in [0.15, 0.2) is 0 Å². The SMILES string of the molecule is C=C(C)C(=NC)N/C(=C\C)CCC1CC(C)C1.CC. The second-order valence-corrected chi connectivity index (χ2v) is 5.27. The van der Waals surface area contributed by atoms with E-state index in [1.165, 1.54) is 25.0 Å². The van der Waals surface area contributed by atoms with Gasteiger partial charge in [-0.25, -0.2) is 0 Å². The van der Waals surface area contributed by atoms with Gasteiger partial charge in [-0.15, -0.1) is 0 Å². The number of hydrogen-bond acceptors (Lipinski definition) is 1. The maximum atomic E-state index is 4.21. The van der Waals surface area contributed by atoms with Crippen molar-refractivity contribution in [3.63, 3.8) is 0 Å². The van der Waals surface area contributed by atoms with Crippen LogP contribution in [0.4, 0.5) is 0 Å². The van der Waals surface area contributed by atoms with E-state index in [1.807, 2.05) is 20.8 Å². The topological polar surface area (TPSA) is 24.4 Å². The predicted molar refractivity (Wildman–Crippen MR) is 87.5 cm³/mol. The average Bonchev–Trinajstić information content (AvgIpc) is 2.38. The van der Waals surface area contributed by atoms with Gasteiger partial charge in [0.25, 0.3) is 0 Å². The first-order valence-corrected chi connectivity index (χ1v) is 7.61. The number of nitrogens with one attached hydrogen (secondary N) is 1. The van der Waals surface area contributed by atoms with Crippen LogP contribution in [-0.4, -0.2) is 12.9 Å². The van der Waals surface area contributed by atoms with Crippen molar-refractivity contribution < 1.29 is 0 Å². The van der Waals surface area contributed by atoms with Gasteiger partial charge in [-0.1, -0.05) is 33.4 Å². The average molecular weight is 264 g/mol. The Morgan fingerprint density at radius 2 is 1.95 bits per heavy atom. The highest BCUT2D eigenvalue weighted by molar-refractivity contribution is 5.98. The van der Waals surface area contributed by atoms with Crippen LogP contribution in [0.3, 0.4) is 0 Å². The Bertz CT molecular complexity index is 320. The molecule has 1 aliphatic carbocycles. The van der Waals surface area contributed by atoms with Gasteiger partial charge in [0, 0.05) is 12.7 Å². The zero-order valence-corrected chi connectivity index (χ0v) is 13.7. The van der Waals surface area contributed by atoms with Gasteiger partial charge in [-0.05, 0) is 56.9 Å². The largest absolute Gasteiger partial charge is 0.344 e. The van der Waals surface area contributed by atoms with E-state index in [0.29, 0.717) is 0 Å². The van der Waals surface area contributed by atoms with Gasteiger partial charge < -0.3 is 5.32 Å². The standard InChI is InChI=1S/C15H26N2.C2H6/c1-6-14(17-15(16-5)11(2)3)8-7-13-9-12(4)10-13;1-2/h6,12-13H,2,7-10H2,1,3-5H3,(H,16,17);1-2H3/b14-6-;. The Hall–Kier alpha value is -1.05. The van der Waals surface area contributed by atoms with Gasteiger partial charge in [0.2, 0.25) is 0 Å². The molecule has 1 fully saturated rings. The molecule has 1 aliphatic rings. The lowest BCUT2D eigenvalue weighted by Crippen LogP contribution is -2.25. The Morgan fingerprint density at radius 3 is 2.32 bits per heavy atom. The minimum absolute atomic E-state index is 0.903. The number of rotatable bonds is 5. The van der Waals surface area contributed by atoms with Gasteiger partial charge in [-0.2, -0.15) is 0 Å². The van der Waals surface area contributed by atoms with Crippen LogP contribution in [0.1, 0.15) is 60.3 Å². The van der Waals surface area contributed by atoms with E-state index >= 15 is 0 Å². The fraction of sp³-hybridized carbons (Fsp3) is 0.706. The minimum Gasteiger partial charge on any atom is -0.344 e. The highest BCUT2D eigenvalue weighted by Gasteiger charge is 2.24. The Balaban J connectivity index is 0.00000154. The summed E-state index contributed by atoms with van der Waals surface area (Å²) in [6, 6.07) is 0. The molecule has 0 heterocycles. The van der Waals surface area contributed by atoms with E-state index in [4.69, 9.17) is 0 Å². The summed E-state index contributed by atoms with van der Waals surface area (Å²) in [5.41, 5.74) is 2.26. The summed E-state index contributed by atoms with van der Waals surface area (Å²) in [4.78, 5) is 4.21. The molecular formula is C17H32N2. The molecule has 1 rings (SSSR count). The Kier molecular flexibility index (Phi) is 9.28. The number of nitrogens with zero attached hydrogens (tertiary/aromatic N) is 1. The summed E-state index contributed by atoms with van der Waals surface area (Å²) in [6.45, 7) is 14.3. The lowest BCUT2D eigenvalue weighted by atomic mass is 9.74. The number of allylic oxidation sites excluding steroid dienone is 2. The molecule has 0 saturated heterocycles. The normalized spacial score (nSPS) is 23.1. The van der Waals surface area contributed by atoms with Crippen LogP contribution in [0, 0.1) is 11.8 Å². The van der Waals surface area contributed by atoms with Crippen LogP contribution in [0.25, 0.3) is 0 Å². The molecule has 110 valence electrons. The zero-order valence-electron chi connectivity index (χ0n) is 13.7. The lowest BCUT2D eigenvalue weighted by Gasteiger charge is -2.33. The second kappa shape index (κ2) is 9.82. The van der Waals surface area contributed by atoms with Crippen molar-refractivity contribution in [1.29, 1.82) is 0 Å². The predicted octanol–water partition coefficient (Wildman–Crippen LogP) is 4.94. The molecule has 0 aromatic rings. The van der Waals surface area contributed by atoms with E-state index in [1.54, 1.807) is 7.05 Å². The Labute approximate surface area is 120 Å². The van der Waals surface area contributed by atoms with Crippen LogP contribution in [0.15, 0.2) is 28.9 Å². The third-order valence-corrected chi connectivity index (χ3v) is 3.55. The number of hydrogen-bond donors (Lipinski definition) is 1. The summed E-state index contributed by atoms with van der Waals surface area (Å²) in [6.07, 6.45) is 7.39. The van der Waals surface area contributed by atoms with E-state index < -0.39 is 0 Å².